The van der Waals surface area contributed by atoms with Gasteiger partial charge in [0.25, 0.3) is 0 Å². The SMILES string of the molecule is CCc1ccc([C@H]2CC[C@H](/C=C/C#Cc3cc(F)c(OC(F)(F)F)c(F)c3)CC2)cc1. The molecule has 0 heterocycles. The van der Waals surface area contributed by atoms with Gasteiger partial charge in [-0.1, -0.05) is 49.1 Å². The van der Waals surface area contributed by atoms with Gasteiger partial charge < -0.3 is 4.74 Å². The van der Waals surface area contributed by atoms with Crippen LogP contribution in [0.5, 0.6) is 5.75 Å². The molecule has 0 N–H and O–H groups in total. The normalized spacial score (nSPS) is 19.2. The molecule has 2 aromatic rings. The number of ether oxygens (including phenoxy) is 1. The number of halogens is 5. The number of rotatable bonds is 4. The number of allylic oxidation sites excluding steroid dienone is 2. The van der Waals surface area contributed by atoms with Gasteiger partial charge in [-0.3, -0.25) is 0 Å². The lowest BCUT2D eigenvalue weighted by atomic mass is 9.78. The van der Waals surface area contributed by atoms with E-state index in [1.807, 2.05) is 6.08 Å². The maximum atomic E-state index is 13.7. The molecule has 0 bridgehead atoms. The molecule has 1 nitrogen and oxygen atoms in total. The highest BCUT2D eigenvalue weighted by atomic mass is 19.4. The van der Waals surface area contributed by atoms with Crippen LogP contribution in [-0.2, 0) is 6.42 Å². The quantitative estimate of drug-likeness (QED) is 0.362. The molecule has 1 aliphatic rings. The standard InChI is InChI=1S/C25H23F5O/c1-2-17-7-11-20(12-8-17)21-13-9-18(10-14-21)5-3-4-6-19-15-22(26)24(23(27)16-19)31-25(28,29)30/h3,5,7-8,11-12,15-16,18,21H,2,9-10,13-14H2,1H3/b5-3+/t18-,21-. The Balaban J connectivity index is 1.55. The van der Waals surface area contributed by atoms with Gasteiger partial charge in [0.05, 0.1) is 0 Å². The van der Waals surface area contributed by atoms with Crippen LogP contribution >= 0.6 is 0 Å². The lowest BCUT2D eigenvalue weighted by Gasteiger charge is -2.27. The van der Waals surface area contributed by atoms with Gasteiger partial charge in [0.15, 0.2) is 11.6 Å². The minimum Gasteiger partial charge on any atom is -0.399 e. The Kier molecular flexibility index (Phi) is 7.37. The Bertz CT molecular complexity index is 949. The van der Waals surface area contributed by atoms with Crippen LogP contribution in [0.15, 0.2) is 48.6 Å². The van der Waals surface area contributed by atoms with E-state index in [2.05, 4.69) is 47.8 Å². The molecule has 0 aromatic heterocycles. The maximum absolute atomic E-state index is 13.7. The molecule has 1 saturated carbocycles. The van der Waals surface area contributed by atoms with Crippen LogP contribution in [-0.4, -0.2) is 6.36 Å². The van der Waals surface area contributed by atoms with E-state index in [1.165, 1.54) is 11.1 Å². The maximum Gasteiger partial charge on any atom is 0.573 e. The van der Waals surface area contributed by atoms with Crippen LogP contribution in [0, 0.1) is 29.4 Å². The predicted octanol–water partition coefficient (Wildman–Crippen LogP) is 7.31. The average molecular weight is 434 g/mol. The van der Waals surface area contributed by atoms with Crippen LogP contribution in [0.1, 0.15) is 55.2 Å². The Morgan fingerprint density at radius 2 is 1.61 bits per heavy atom. The monoisotopic (exact) mass is 434 g/mol. The van der Waals surface area contributed by atoms with E-state index < -0.39 is 23.7 Å². The lowest BCUT2D eigenvalue weighted by molar-refractivity contribution is -0.276. The van der Waals surface area contributed by atoms with Gasteiger partial charge in [-0.15, -0.1) is 13.2 Å². The topological polar surface area (TPSA) is 9.23 Å². The molecular formula is C25H23F5O. The van der Waals surface area contributed by atoms with E-state index in [-0.39, 0.29) is 5.56 Å². The fourth-order valence-electron chi connectivity index (χ4n) is 3.82. The molecule has 164 valence electrons. The molecule has 0 unspecified atom stereocenters. The highest BCUT2D eigenvalue weighted by molar-refractivity contribution is 5.42. The molecule has 0 amide bonds. The van der Waals surface area contributed by atoms with Gasteiger partial charge in [-0.05, 0) is 73.3 Å². The van der Waals surface area contributed by atoms with Gasteiger partial charge in [-0.25, -0.2) is 8.78 Å². The van der Waals surface area contributed by atoms with E-state index in [9.17, 15) is 22.0 Å². The van der Waals surface area contributed by atoms with Crippen molar-refractivity contribution in [3.8, 4) is 17.6 Å². The van der Waals surface area contributed by atoms with Crippen LogP contribution in [0.2, 0.25) is 0 Å². The summed E-state index contributed by atoms with van der Waals surface area (Å²) in [6.45, 7) is 2.14. The molecular weight excluding hydrogens is 411 g/mol. The van der Waals surface area contributed by atoms with E-state index >= 15 is 0 Å². The molecule has 2 aromatic carbocycles. The average Bonchev–Trinajstić information content (AvgIpc) is 2.74. The van der Waals surface area contributed by atoms with E-state index in [1.54, 1.807) is 6.08 Å². The number of hydrogen-bond donors (Lipinski definition) is 0. The van der Waals surface area contributed by atoms with Crippen molar-refractivity contribution in [1.82, 2.24) is 0 Å². The zero-order valence-electron chi connectivity index (χ0n) is 17.1. The van der Waals surface area contributed by atoms with Gasteiger partial charge in [0.1, 0.15) is 0 Å². The summed E-state index contributed by atoms with van der Waals surface area (Å²) < 4.78 is 67.3. The van der Waals surface area contributed by atoms with Crippen molar-refractivity contribution < 1.29 is 26.7 Å². The van der Waals surface area contributed by atoms with Crippen molar-refractivity contribution in [3.63, 3.8) is 0 Å². The van der Waals surface area contributed by atoms with Crippen LogP contribution in [0.4, 0.5) is 22.0 Å². The number of alkyl halides is 3. The van der Waals surface area contributed by atoms with Gasteiger partial charge in [0.2, 0.25) is 5.75 Å². The van der Waals surface area contributed by atoms with Crippen molar-refractivity contribution in [3.05, 3.63) is 76.9 Å². The van der Waals surface area contributed by atoms with Crippen molar-refractivity contribution in [2.75, 3.05) is 0 Å². The third kappa shape index (κ3) is 6.58. The largest absolute Gasteiger partial charge is 0.573 e. The highest BCUT2D eigenvalue weighted by Crippen LogP contribution is 2.36. The fraction of sp³-hybridized carbons (Fsp3) is 0.360. The number of benzene rings is 2. The second-order valence-corrected chi connectivity index (χ2v) is 7.65. The first-order chi connectivity index (χ1) is 14.7. The molecule has 0 aliphatic heterocycles. The predicted molar refractivity (Wildman–Crippen MR) is 110 cm³/mol. The fourth-order valence-corrected chi connectivity index (χ4v) is 3.82. The van der Waals surface area contributed by atoms with Crippen molar-refractivity contribution in [2.24, 2.45) is 5.92 Å². The minimum absolute atomic E-state index is 0.0617. The van der Waals surface area contributed by atoms with Crippen LogP contribution in [0.25, 0.3) is 0 Å². The third-order valence-electron chi connectivity index (χ3n) is 5.52. The van der Waals surface area contributed by atoms with Gasteiger partial charge >= 0.3 is 6.36 Å². The first-order valence-corrected chi connectivity index (χ1v) is 10.3. The van der Waals surface area contributed by atoms with Gasteiger partial charge in [0, 0.05) is 5.56 Å². The van der Waals surface area contributed by atoms with Crippen molar-refractivity contribution in [1.29, 1.82) is 0 Å². The highest BCUT2D eigenvalue weighted by Gasteiger charge is 2.34. The smallest absolute Gasteiger partial charge is 0.399 e. The zero-order valence-corrected chi connectivity index (χ0v) is 17.1. The summed E-state index contributed by atoms with van der Waals surface area (Å²) in [5.41, 5.74) is 2.65. The van der Waals surface area contributed by atoms with Crippen LogP contribution < -0.4 is 4.74 Å². The molecule has 0 atom stereocenters. The molecule has 0 saturated heterocycles. The van der Waals surface area contributed by atoms with E-state index in [4.69, 9.17) is 0 Å². The molecule has 3 rings (SSSR count). The van der Waals surface area contributed by atoms with Crippen molar-refractivity contribution in [2.45, 2.75) is 51.3 Å². The molecule has 6 heteroatoms. The summed E-state index contributed by atoms with van der Waals surface area (Å²) >= 11 is 0. The molecule has 1 aliphatic carbocycles. The summed E-state index contributed by atoms with van der Waals surface area (Å²) in [5.74, 6) is 1.82. The summed E-state index contributed by atoms with van der Waals surface area (Å²) in [6.07, 6.45) is 3.72. The molecule has 0 radical (unpaired) electrons. The Hall–Kier alpha value is -2.81. The first-order valence-electron chi connectivity index (χ1n) is 10.3. The second-order valence-electron chi connectivity index (χ2n) is 7.65. The van der Waals surface area contributed by atoms with Crippen LogP contribution in [0.3, 0.4) is 0 Å². The van der Waals surface area contributed by atoms with E-state index in [0.717, 1.165) is 44.2 Å². The summed E-state index contributed by atoms with van der Waals surface area (Å²) in [7, 11) is 0. The Morgan fingerprint density at radius 1 is 1.00 bits per heavy atom. The number of aryl methyl sites for hydroxylation is 1. The van der Waals surface area contributed by atoms with E-state index in [0.29, 0.717) is 11.8 Å². The van der Waals surface area contributed by atoms with Crippen molar-refractivity contribution >= 4 is 0 Å². The zero-order chi connectivity index (χ0) is 22.4. The molecule has 0 spiro atoms. The minimum atomic E-state index is -5.17. The Labute approximate surface area is 178 Å². The third-order valence-corrected chi connectivity index (χ3v) is 5.52. The first kappa shape index (κ1) is 22.9. The molecule has 1 fully saturated rings. The number of hydrogen-bond acceptors (Lipinski definition) is 1. The summed E-state index contributed by atoms with van der Waals surface area (Å²) in [5, 5.41) is 0. The Morgan fingerprint density at radius 3 is 2.16 bits per heavy atom. The summed E-state index contributed by atoms with van der Waals surface area (Å²) in [4.78, 5) is 0. The molecule has 31 heavy (non-hydrogen) atoms. The second kappa shape index (κ2) is 10.00. The lowest BCUT2D eigenvalue weighted by Crippen LogP contribution is -2.19. The van der Waals surface area contributed by atoms with Gasteiger partial charge in [-0.2, -0.15) is 0 Å². The summed E-state index contributed by atoms with van der Waals surface area (Å²) in [6, 6.07) is 10.2.